The van der Waals surface area contributed by atoms with E-state index in [0.29, 0.717) is 31.6 Å². The van der Waals surface area contributed by atoms with Gasteiger partial charge in [0.1, 0.15) is 11.9 Å². The van der Waals surface area contributed by atoms with Crippen molar-refractivity contribution in [3.05, 3.63) is 71.5 Å². The first-order valence-corrected chi connectivity index (χ1v) is 13.4. The van der Waals surface area contributed by atoms with E-state index in [0.717, 1.165) is 18.4 Å². The third-order valence-electron chi connectivity index (χ3n) is 7.21. The second-order valence-corrected chi connectivity index (χ2v) is 11.1. The lowest BCUT2D eigenvalue weighted by Gasteiger charge is -2.37. The van der Waals surface area contributed by atoms with Gasteiger partial charge in [0.15, 0.2) is 0 Å². The zero-order chi connectivity index (χ0) is 27.9. The summed E-state index contributed by atoms with van der Waals surface area (Å²) in [6, 6.07) is 14.2. The smallest absolute Gasteiger partial charge is 0.253 e. The molecule has 1 fully saturated rings. The van der Waals surface area contributed by atoms with Crippen molar-refractivity contribution < 1.29 is 18.8 Å². The highest BCUT2D eigenvalue weighted by Gasteiger charge is 2.40. The molecular weight excluding hydrogens is 483 g/mol. The molecule has 7 nitrogen and oxygen atoms in total. The van der Waals surface area contributed by atoms with Gasteiger partial charge in [-0.3, -0.25) is 14.4 Å². The van der Waals surface area contributed by atoms with E-state index < -0.39 is 23.3 Å². The Balaban J connectivity index is 1.81. The summed E-state index contributed by atoms with van der Waals surface area (Å²) in [6.07, 6.45) is 2.25. The first-order chi connectivity index (χ1) is 18.0. The molecule has 1 aliphatic heterocycles. The second kappa shape index (κ2) is 13.0. The van der Waals surface area contributed by atoms with Crippen molar-refractivity contribution in [2.24, 2.45) is 5.41 Å². The van der Waals surface area contributed by atoms with Gasteiger partial charge in [-0.25, -0.2) is 4.39 Å². The van der Waals surface area contributed by atoms with Gasteiger partial charge in [0, 0.05) is 31.2 Å². The SMILES string of the molecule is CN[C@@H](C)C(=O)N[C@H](C(=O)N1CCC[C@H]1CN(CCc1ccccc1)C(=O)c1ccc(F)cc1)C(C)(C)C. The van der Waals surface area contributed by atoms with Crippen LogP contribution in [0.4, 0.5) is 4.39 Å². The Bertz CT molecular complexity index is 1080. The number of likely N-dealkylation sites (N-methyl/N-ethyl adjacent to an activating group) is 1. The van der Waals surface area contributed by atoms with Crippen LogP contribution in [0.5, 0.6) is 0 Å². The first kappa shape index (κ1) is 29.3. The number of rotatable bonds is 10. The van der Waals surface area contributed by atoms with E-state index in [-0.39, 0.29) is 23.8 Å². The fraction of sp³-hybridized carbons (Fsp3) is 0.500. The Morgan fingerprint density at radius 2 is 1.74 bits per heavy atom. The van der Waals surface area contributed by atoms with E-state index in [1.165, 1.54) is 24.3 Å². The lowest BCUT2D eigenvalue weighted by molar-refractivity contribution is -0.140. The van der Waals surface area contributed by atoms with Crippen molar-refractivity contribution in [1.29, 1.82) is 0 Å². The van der Waals surface area contributed by atoms with Gasteiger partial charge in [-0.15, -0.1) is 0 Å². The van der Waals surface area contributed by atoms with Gasteiger partial charge < -0.3 is 20.4 Å². The molecule has 2 aromatic rings. The van der Waals surface area contributed by atoms with E-state index >= 15 is 0 Å². The predicted molar refractivity (Wildman–Crippen MR) is 147 cm³/mol. The number of carbonyl (C=O) groups is 3. The number of halogens is 1. The van der Waals surface area contributed by atoms with Crippen LogP contribution in [-0.2, 0) is 16.0 Å². The lowest BCUT2D eigenvalue weighted by atomic mass is 9.85. The van der Waals surface area contributed by atoms with Gasteiger partial charge in [0.2, 0.25) is 11.8 Å². The molecule has 1 heterocycles. The molecule has 0 saturated carbocycles. The number of carbonyl (C=O) groups excluding carboxylic acids is 3. The van der Waals surface area contributed by atoms with Crippen LogP contribution in [0, 0.1) is 11.2 Å². The predicted octanol–water partition coefficient (Wildman–Crippen LogP) is 3.64. The Morgan fingerprint density at radius 1 is 1.08 bits per heavy atom. The molecule has 2 aromatic carbocycles. The molecule has 0 aliphatic carbocycles. The van der Waals surface area contributed by atoms with E-state index in [1.807, 2.05) is 56.0 Å². The Morgan fingerprint density at radius 3 is 2.34 bits per heavy atom. The Labute approximate surface area is 225 Å². The van der Waals surface area contributed by atoms with Crippen LogP contribution in [0.25, 0.3) is 0 Å². The average molecular weight is 525 g/mol. The van der Waals surface area contributed by atoms with Gasteiger partial charge in [0.05, 0.1) is 6.04 Å². The van der Waals surface area contributed by atoms with Gasteiger partial charge in [-0.1, -0.05) is 51.1 Å². The topological polar surface area (TPSA) is 81.8 Å². The highest BCUT2D eigenvalue weighted by molar-refractivity contribution is 5.94. The van der Waals surface area contributed by atoms with Crippen LogP contribution in [0.2, 0.25) is 0 Å². The number of likely N-dealkylation sites (tertiary alicyclic amines) is 1. The minimum Gasteiger partial charge on any atom is -0.342 e. The van der Waals surface area contributed by atoms with Crippen molar-refractivity contribution in [2.75, 3.05) is 26.7 Å². The summed E-state index contributed by atoms with van der Waals surface area (Å²) in [5.74, 6) is -0.946. The summed E-state index contributed by atoms with van der Waals surface area (Å²) in [5, 5.41) is 5.87. The van der Waals surface area contributed by atoms with Gasteiger partial charge in [-0.2, -0.15) is 0 Å². The van der Waals surface area contributed by atoms with Crippen LogP contribution in [0.1, 0.15) is 56.5 Å². The first-order valence-electron chi connectivity index (χ1n) is 13.4. The summed E-state index contributed by atoms with van der Waals surface area (Å²) in [5.41, 5.74) is 1.03. The molecular formula is C30H41FN4O3. The summed E-state index contributed by atoms with van der Waals surface area (Å²) >= 11 is 0. The molecule has 0 spiro atoms. The van der Waals surface area contributed by atoms with Crippen LogP contribution in [-0.4, -0.2) is 72.3 Å². The molecule has 0 bridgehead atoms. The van der Waals surface area contributed by atoms with Crippen molar-refractivity contribution in [1.82, 2.24) is 20.4 Å². The van der Waals surface area contributed by atoms with Gasteiger partial charge in [0.25, 0.3) is 5.91 Å². The molecule has 206 valence electrons. The summed E-state index contributed by atoms with van der Waals surface area (Å²) < 4.78 is 13.5. The van der Waals surface area contributed by atoms with E-state index in [2.05, 4.69) is 10.6 Å². The molecule has 1 saturated heterocycles. The minimum absolute atomic E-state index is 0.131. The fourth-order valence-corrected chi connectivity index (χ4v) is 4.74. The van der Waals surface area contributed by atoms with Crippen molar-refractivity contribution in [2.45, 2.75) is 65.1 Å². The average Bonchev–Trinajstić information content (AvgIpc) is 3.36. The number of amides is 3. The standard InChI is InChI=1S/C30H41FN4O3/c1-21(32-5)27(36)33-26(30(2,3)4)29(38)35-18-9-12-25(35)20-34(19-17-22-10-7-6-8-11-22)28(37)23-13-15-24(31)16-14-23/h6-8,10-11,13-16,21,25-26,32H,9,12,17-20H2,1-5H3,(H,33,36)/t21-,25-,26+/m0/s1. The van der Waals surface area contributed by atoms with Gasteiger partial charge >= 0.3 is 0 Å². The lowest BCUT2D eigenvalue weighted by Crippen LogP contribution is -2.59. The molecule has 1 aliphatic rings. The number of nitrogens with one attached hydrogen (secondary N) is 2. The molecule has 38 heavy (non-hydrogen) atoms. The molecule has 3 atom stereocenters. The van der Waals surface area contributed by atoms with Crippen LogP contribution < -0.4 is 10.6 Å². The Hall–Kier alpha value is -3.26. The highest BCUT2D eigenvalue weighted by atomic mass is 19.1. The Kier molecular flexibility index (Phi) is 10.0. The molecule has 8 heteroatoms. The van der Waals surface area contributed by atoms with E-state index in [4.69, 9.17) is 0 Å². The number of benzene rings is 2. The summed E-state index contributed by atoms with van der Waals surface area (Å²) in [4.78, 5) is 43.6. The largest absolute Gasteiger partial charge is 0.342 e. The molecule has 3 amide bonds. The van der Waals surface area contributed by atoms with Crippen LogP contribution in [0.3, 0.4) is 0 Å². The molecule has 0 unspecified atom stereocenters. The van der Waals surface area contributed by atoms with Crippen molar-refractivity contribution in [3.8, 4) is 0 Å². The maximum absolute atomic E-state index is 13.8. The molecule has 0 aromatic heterocycles. The zero-order valence-electron chi connectivity index (χ0n) is 23.2. The minimum atomic E-state index is -0.697. The van der Waals surface area contributed by atoms with E-state index in [1.54, 1.807) is 18.9 Å². The molecule has 0 radical (unpaired) electrons. The summed E-state index contributed by atoms with van der Waals surface area (Å²) in [7, 11) is 1.71. The highest BCUT2D eigenvalue weighted by Crippen LogP contribution is 2.27. The maximum atomic E-state index is 13.8. The van der Waals surface area contributed by atoms with Crippen molar-refractivity contribution >= 4 is 17.7 Å². The number of hydrogen-bond acceptors (Lipinski definition) is 4. The second-order valence-electron chi connectivity index (χ2n) is 11.1. The van der Waals surface area contributed by atoms with Crippen LogP contribution >= 0.6 is 0 Å². The zero-order valence-corrected chi connectivity index (χ0v) is 23.2. The number of hydrogen-bond donors (Lipinski definition) is 2. The molecule has 2 N–H and O–H groups in total. The van der Waals surface area contributed by atoms with Gasteiger partial charge in [-0.05, 0) is 68.5 Å². The van der Waals surface area contributed by atoms with Crippen molar-refractivity contribution in [3.63, 3.8) is 0 Å². The third-order valence-corrected chi connectivity index (χ3v) is 7.21. The third kappa shape index (κ3) is 7.63. The monoisotopic (exact) mass is 524 g/mol. The van der Waals surface area contributed by atoms with Crippen LogP contribution in [0.15, 0.2) is 54.6 Å². The number of nitrogens with zero attached hydrogens (tertiary/aromatic N) is 2. The molecule has 3 rings (SSSR count). The fourth-order valence-electron chi connectivity index (χ4n) is 4.74. The summed E-state index contributed by atoms with van der Waals surface area (Å²) in [6.45, 7) is 8.98. The van der Waals surface area contributed by atoms with E-state index in [9.17, 15) is 18.8 Å². The maximum Gasteiger partial charge on any atom is 0.253 e. The normalized spacial score (nSPS) is 17.1. The quantitative estimate of drug-likeness (QED) is 0.497.